The fourth-order valence-corrected chi connectivity index (χ4v) is 3.56. The lowest BCUT2D eigenvalue weighted by Crippen LogP contribution is -2.54. The second-order valence-corrected chi connectivity index (χ2v) is 8.08. The molecule has 1 aromatic carbocycles. The number of hydrogen-bond acceptors (Lipinski definition) is 3. The first kappa shape index (κ1) is 21.1. The Hall–Kier alpha value is -1.20. The summed E-state index contributed by atoms with van der Waals surface area (Å²) in [7, 11) is 6.39. The topological polar surface area (TPSA) is 24.8 Å². The molecule has 1 aromatic rings. The second-order valence-electron chi connectivity index (χ2n) is 7.64. The highest BCUT2D eigenvalue weighted by molar-refractivity contribution is 6.30. The molecule has 0 bridgehead atoms. The largest absolute Gasteiger partial charge is 0.358 e. The zero-order valence-electron chi connectivity index (χ0n) is 16.8. The van der Waals surface area contributed by atoms with Gasteiger partial charge in [0.2, 0.25) is 5.84 Å². The summed E-state index contributed by atoms with van der Waals surface area (Å²) in [5, 5.41) is 0.735. The molecule has 0 aliphatic carbocycles. The number of halogens is 1. The van der Waals surface area contributed by atoms with Gasteiger partial charge in [0.25, 0.3) is 0 Å². The van der Waals surface area contributed by atoms with Crippen LogP contribution in [0.4, 0.5) is 0 Å². The third kappa shape index (κ3) is 4.95. The van der Waals surface area contributed by atoms with Crippen LogP contribution in [0.15, 0.2) is 41.7 Å². The molecule has 2 unspecified atom stereocenters. The predicted molar refractivity (Wildman–Crippen MR) is 110 cm³/mol. The summed E-state index contributed by atoms with van der Waals surface area (Å²) in [6.45, 7) is 7.07. The van der Waals surface area contributed by atoms with Crippen LogP contribution < -0.4 is 0 Å². The Morgan fingerprint density at radius 2 is 1.88 bits per heavy atom. The summed E-state index contributed by atoms with van der Waals surface area (Å²) < 4.78 is 7.20. The highest BCUT2D eigenvalue weighted by Crippen LogP contribution is 2.35. The van der Waals surface area contributed by atoms with Gasteiger partial charge in [-0.3, -0.25) is 4.48 Å². The van der Waals surface area contributed by atoms with E-state index >= 15 is 0 Å². The molecule has 4 nitrogen and oxygen atoms in total. The van der Waals surface area contributed by atoms with Gasteiger partial charge in [0.05, 0.1) is 19.8 Å². The summed E-state index contributed by atoms with van der Waals surface area (Å²) in [4.78, 5) is 6.95. The van der Waals surface area contributed by atoms with E-state index in [-0.39, 0.29) is 0 Å². The van der Waals surface area contributed by atoms with Crippen LogP contribution in [0.3, 0.4) is 0 Å². The number of quaternary nitrogens is 1. The van der Waals surface area contributed by atoms with Gasteiger partial charge in [-0.25, -0.2) is 4.99 Å². The fraction of sp³-hybridized carbons (Fsp3) is 0.571. The van der Waals surface area contributed by atoms with Gasteiger partial charge in [-0.05, 0) is 58.1 Å². The molecule has 0 fully saturated rings. The number of unbranched alkanes of at least 4 members (excludes halogenated alkanes) is 1. The van der Waals surface area contributed by atoms with Crippen molar-refractivity contribution in [3.05, 3.63) is 47.3 Å². The van der Waals surface area contributed by atoms with Gasteiger partial charge in [-0.15, -0.1) is 0 Å². The number of rotatable bonds is 10. The van der Waals surface area contributed by atoms with Crippen molar-refractivity contribution in [2.75, 3.05) is 40.8 Å². The molecule has 1 aliphatic heterocycles. The Morgan fingerprint density at radius 1 is 1.19 bits per heavy atom. The van der Waals surface area contributed by atoms with E-state index in [1.807, 2.05) is 18.3 Å². The fourth-order valence-electron chi connectivity index (χ4n) is 3.43. The van der Waals surface area contributed by atoms with E-state index in [1.54, 1.807) is 0 Å². The lowest BCUT2D eigenvalue weighted by atomic mass is 9.92. The molecule has 2 rings (SSSR count). The van der Waals surface area contributed by atoms with E-state index in [0.717, 1.165) is 48.8 Å². The lowest BCUT2D eigenvalue weighted by molar-refractivity contribution is -0.769. The van der Waals surface area contributed by atoms with Gasteiger partial charge in [0, 0.05) is 11.6 Å². The molecule has 1 heterocycles. The summed E-state index contributed by atoms with van der Waals surface area (Å²) in [6, 6.07) is 7.97. The molecule has 0 amide bonds. The first-order chi connectivity index (χ1) is 12.3. The minimum absolute atomic E-state index is 0.580. The van der Waals surface area contributed by atoms with Gasteiger partial charge >= 0.3 is 0 Å². The molecule has 0 aromatic heterocycles. The smallest absolute Gasteiger partial charge is 0.244 e. The highest BCUT2D eigenvalue weighted by atomic mass is 35.5. The summed E-state index contributed by atoms with van der Waals surface area (Å²) in [6.07, 6.45) is 7.38. The summed E-state index contributed by atoms with van der Waals surface area (Å²) in [5.74, 6) is 1.04. The second kappa shape index (κ2) is 9.14. The van der Waals surface area contributed by atoms with E-state index < -0.39 is 5.60 Å². The van der Waals surface area contributed by atoms with Crippen molar-refractivity contribution < 1.29 is 9.22 Å². The number of aliphatic imine (C=N–C) groups is 1. The van der Waals surface area contributed by atoms with Crippen LogP contribution in [0.5, 0.6) is 0 Å². The maximum Gasteiger partial charge on any atom is 0.244 e. The Morgan fingerprint density at radius 3 is 2.50 bits per heavy atom. The third-order valence-corrected chi connectivity index (χ3v) is 5.27. The van der Waals surface area contributed by atoms with Crippen LogP contribution in [0.25, 0.3) is 0 Å². The molecular weight excluding hydrogens is 346 g/mol. The van der Waals surface area contributed by atoms with Gasteiger partial charge in [0.15, 0.2) is 5.60 Å². The number of ether oxygens (including phenoxy) is 1. The molecule has 2 atom stereocenters. The van der Waals surface area contributed by atoms with Gasteiger partial charge in [-0.2, -0.15) is 0 Å². The Bertz CT molecular complexity index is 641. The number of hydrogen-bond donors (Lipinski definition) is 0. The molecule has 26 heavy (non-hydrogen) atoms. The minimum atomic E-state index is -0.580. The van der Waals surface area contributed by atoms with Crippen molar-refractivity contribution in [1.82, 2.24) is 4.90 Å². The molecule has 0 radical (unpaired) electrons. The molecule has 1 aliphatic rings. The van der Waals surface area contributed by atoms with Crippen molar-refractivity contribution in [3.63, 3.8) is 0 Å². The number of benzene rings is 1. The van der Waals surface area contributed by atoms with Gasteiger partial charge in [0.1, 0.15) is 6.20 Å². The van der Waals surface area contributed by atoms with E-state index in [0.29, 0.717) is 11.1 Å². The standard InChI is InChI=1S/C21H33ClN3O/c1-6-7-15-25(5)16-13-23-20(25)21(2,26-17-8-14-24(3)4)18-9-11-19(22)12-10-18/h9-13,16H,6-8,14-15,17H2,1-5H3/q+1. The van der Waals surface area contributed by atoms with E-state index in [9.17, 15) is 0 Å². The zero-order chi connectivity index (χ0) is 19.2. The maximum atomic E-state index is 6.51. The van der Waals surface area contributed by atoms with Crippen molar-refractivity contribution in [3.8, 4) is 0 Å². The summed E-state index contributed by atoms with van der Waals surface area (Å²) in [5.41, 5.74) is 0.512. The average molecular weight is 379 g/mol. The Labute approximate surface area is 163 Å². The van der Waals surface area contributed by atoms with Crippen LogP contribution in [-0.4, -0.2) is 56.1 Å². The average Bonchev–Trinajstić information content (AvgIpc) is 3.00. The number of amidine groups is 1. The SMILES string of the molecule is CCCC[N+]1(C)C=CN=C1C(C)(OCCCN(C)C)c1ccc(Cl)cc1. The van der Waals surface area contributed by atoms with Crippen molar-refractivity contribution in [1.29, 1.82) is 0 Å². The first-order valence-electron chi connectivity index (χ1n) is 9.48. The number of likely N-dealkylation sites (N-methyl/N-ethyl adjacent to an activating group) is 1. The van der Waals surface area contributed by atoms with Crippen LogP contribution in [0, 0.1) is 0 Å². The zero-order valence-corrected chi connectivity index (χ0v) is 17.6. The third-order valence-electron chi connectivity index (χ3n) is 5.01. The van der Waals surface area contributed by atoms with Crippen LogP contribution in [0.1, 0.15) is 38.7 Å². The van der Waals surface area contributed by atoms with Crippen LogP contribution in [-0.2, 0) is 10.3 Å². The molecule has 0 spiro atoms. The first-order valence-corrected chi connectivity index (χ1v) is 9.86. The summed E-state index contributed by atoms with van der Waals surface area (Å²) >= 11 is 6.11. The molecular formula is C21H33ClN3O+. The Kier molecular flexibility index (Phi) is 7.42. The van der Waals surface area contributed by atoms with E-state index in [1.165, 1.54) is 0 Å². The monoisotopic (exact) mass is 378 g/mol. The Balaban J connectivity index is 2.29. The minimum Gasteiger partial charge on any atom is -0.358 e. The van der Waals surface area contributed by atoms with E-state index in [4.69, 9.17) is 21.3 Å². The van der Waals surface area contributed by atoms with Crippen LogP contribution in [0.2, 0.25) is 5.02 Å². The van der Waals surface area contributed by atoms with Gasteiger partial charge < -0.3 is 9.64 Å². The highest BCUT2D eigenvalue weighted by Gasteiger charge is 2.47. The molecule has 0 N–H and O–H groups in total. The van der Waals surface area contributed by atoms with Crippen molar-refractivity contribution >= 4 is 17.4 Å². The molecule has 5 heteroatoms. The normalized spacial score (nSPS) is 21.9. The number of nitrogens with zero attached hydrogens (tertiary/aromatic N) is 3. The molecule has 0 saturated heterocycles. The van der Waals surface area contributed by atoms with Crippen molar-refractivity contribution in [2.24, 2.45) is 4.99 Å². The quantitative estimate of drug-likeness (QED) is 0.437. The lowest BCUT2D eigenvalue weighted by Gasteiger charge is -2.38. The molecule has 0 saturated carbocycles. The maximum absolute atomic E-state index is 6.51. The van der Waals surface area contributed by atoms with E-state index in [2.05, 4.69) is 58.2 Å². The predicted octanol–water partition coefficient (Wildman–Crippen LogP) is 4.65. The van der Waals surface area contributed by atoms with Crippen molar-refractivity contribution in [2.45, 2.75) is 38.7 Å². The van der Waals surface area contributed by atoms with Gasteiger partial charge in [-0.1, -0.05) is 37.1 Å². The van der Waals surface area contributed by atoms with Crippen LogP contribution >= 0.6 is 11.6 Å². The molecule has 144 valence electrons.